The topological polar surface area (TPSA) is 219 Å². The van der Waals surface area contributed by atoms with E-state index in [9.17, 15) is 30.0 Å². The predicted octanol–water partition coefficient (Wildman–Crippen LogP) is 0.648. The number of benzene rings is 2. The van der Waals surface area contributed by atoms with Crippen LogP contribution in [0.2, 0.25) is 0 Å². The Morgan fingerprint density at radius 3 is 2.10 bits per heavy atom. The van der Waals surface area contributed by atoms with Crippen LogP contribution < -0.4 is 9.75 Å². The zero-order valence-corrected chi connectivity index (χ0v) is 27.6. The zero-order chi connectivity index (χ0) is 27.6. The van der Waals surface area contributed by atoms with Gasteiger partial charge in [0.2, 0.25) is 0 Å². The van der Waals surface area contributed by atoms with E-state index in [1.807, 2.05) is 0 Å². The van der Waals surface area contributed by atoms with Crippen LogP contribution in [0, 0.1) is 0 Å². The molecule has 1 aliphatic heterocycles. The third kappa shape index (κ3) is 9.37. The van der Waals surface area contributed by atoms with Crippen molar-refractivity contribution in [1.82, 2.24) is 0 Å². The molecule has 20 heteroatoms. The summed E-state index contributed by atoms with van der Waals surface area (Å²) in [4.78, 5) is 12.2. The van der Waals surface area contributed by atoms with E-state index in [0.717, 1.165) is 23.2 Å². The summed E-state index contributed by atoms with van der Waals surface area (Å²) in [6.45, 7) is 0.679. The Kier molecular flexibility index (Phi) is 12.9. The number of rotatable bonds is 10. The van der Waals surface area contributed by atoms with Gasteiger partial charge < -0.3 is 4.74 Å². The number of carbonyl (C=O) groups is 1. The maximum atomic E-state index is 12.9. The molecule has 1 amide bonds. The Morgan fingerprint density at radius 1 is 0.974 bits per heavy atom. The molecule has 39 heavy (non-hydrogen) atoms. The van der Waals surface area contributed by atoms with Crippen molar-refractivity contribution in [3.8, 4) is 5.75 Å². The molecule has 1 aliphatic rings. The van der Waals surface area contributed by atoms with Crippen LogP contribution in [0.5, 0.6) is 5.75 Å². The molecule has 1 heterocycles. The average Bonchev–Trinajstić information content (AvgIpc) is 3.09. The van der Waals surface area contributed by atoms with E-state index in [1.165, 1.54) is 38.3 Å². The first kappa shape index (κ1) is 35.7. The summed E-state index contributed by atoms with van der Waals surface area (Å²) < 4.78 is 95.6. The smallest absolute Gasteiger partial charge is 0.397 e. The quantitative estimate of drug-likeness (QED) is 0.213. The van der Waals surface area contributed by atoms with Crippen LogP contribution >= 0.6 is 0 Å². The van der Waals surface area contributed by atoms with Crippen molar-refractivity contribution < 1.29 is 48.1 Å². The fraction of sp³-hybridized carbons (Fsp3) is 0.263. The minimum Gasteiger partial charge on any atom is -0.494 e. The van der Waals surface area contributed by atoms with Crippen LogP contribution in [0.25, 0.3) is 0 Å². The van der Waals surface area contributed by atoms with E-state index in [1.54, 1.807) is 0 Å². The third-order valence-electron chi connectivity index (χ3n) is 4.85. The maximum Gasteiger partial charge on any atom is 0.397 e. The Hall–Kier alpha value is -1.29. The van der Waals surface area contributed by atoms with Gasteiger partial charge in [0, 0.05) is 59.1 Å². The molecule has 15 nitrogen and oxygen atoms in total. The largest absolute Gasteiger partial charge is 0.494 e. The number of anilines is 1. The van der Waals surface area contributed by atoms with Gasteiger partial charge >= 0.3 is 10.4 Å². The molecular weight excluding hydrogens is 602 g/mol. The minimum absolute atomic E-state index is 0. The van der Waals surface area contributed by atoms with Gasteiger partial charge in [0.25, 0.3) is 16.0 Å². The van der Waals surface area contributed by atoms with Gasteiger partial charge in [-0.05, 0) is 49.4 Å². The van der Waals surface area contributed by atoms with E-state index >= 15 is 0 Å². The molecule has 202 valence electrons. The number of amides is 1. The van der Waals surface area contributed by atoms with E-state index < -0.39 is 54.7 Å². The van der Waals surface area contributed by atoms with Gasteiger partial charge in [0.05, 0.1) is 40.7 Å². The molecule has 0 saturated carbocycles. The second kappa shape index (κ2) is 14.1. The van der Waals surface area contributed by atoms with Gasteiger partial charge in [-0.2, -0.15) is 37.2 Å². The van der Waals surface area contributed by atoms with Gasteiger partial charge in [-0.15, -0.1) is 0 Å². The van der Waals surface area contributed by atoms with Crippen LogP contribution in [-0.2, 0) is 39.3 Å². The van der Waals surface area contributed by atoms with Crippen LogP contribution in [-0.4, -0.2) is 131 Å². The predicted molar refractivity (Wildman–Crippen MR) is 139 cm³/mol. The fourth-order valence-electron chi connectivity index (χ4n) is 3.06. The van der Waals surface area contributed by atoms with Crippen molar-refractivity contribution in [3.63, 3.8) is 0 Å². The maximum absolute atomic E-state index is 12.9. The molecule has 1 atom stereocenters. The summed E-state index contributed by atoms with van der Waals surface area (Å²) in [6.07, 6.45) is 0. The molecular formula is C19H20N4Na2O11S3. The van der Waals surface area contributed by atoms with E-state index in [4.69, 9.17) is 13.8 Å². The second-order valence-corrected chi connectivity index (χ2v) is 12.0. The van der Waals surface area contributed by atoms with Gasteiger partial charge in [-0.1, -0.05) is 0 Å². The molecule has 0 fully saturated rings. The molecule has 0 aliphatic carbocycles. The number of methoxy groups -OCH3 is 1. The first-order valence-electron chi connectivity index (χ1n) is 10.0. The van der Waals surface area contributed by atoms with Crippen LogP contribution in [0.4, 0.5) is 11.4 Å². The Labute approximate surface area is 268 Å². The number of ether oxygens (including phenoxy) is 1. The van der Waals surface area contributed by atoms with E-state index in [0.29, 0.717) is 0 Å². The van der Waals surface area contributed by atoms with Crippen molar-refractivity contribution in [1.29, 1.82) is 0 Å². The summed E-state index contributed by atoms with van der Waals surface area (Å²) in [5, 5.41) is 13.0. The Morgan fingerprint density at radius 2 is 1.56 bits per heavy atom. The number of hydrogen-bond acceptors (Lipinski definition) is 12. The molecule has 0 bridgehead atoms. The van der Waals surface area contributed by atoms with Gasteiger partial charge in [-0.3, -0.25) is 13.9 Å². The second-order valence-electron chi connectivity index (χ2n) is 7.38. The molecule has 2 radical (unpaired) electrons. The molecule has 0 saturated heterocycles. The number of nitrogens with zero attached hydrogens (tertiary/aromatic N) is 4. The van der Waals surface area contributed by atoms with Crippen molar-refractivity contribution in [3.05, 3.63) is 42.5 Å². The summed E-state index contributed by atoms with van der Waals surface area (Å²) in [7, 11) is -12.0. The summed E-state index contributed by atoms with van der Waals surface area (Å²) in [6, 6.07) is 7.10. The van der Waals surface area contributed by atoms with Crippen LogP contribution in [0.3, 0.4) is 0 Å². The molecule has 0 aromatic heterocycles. The summed E-state index contributed by atoms with van der Waals surface area (Å²) in [5.41, 5.74) is 0.376. The van der Waals surface area contributed by atoms with Gasteiger partial charge in [0.1, 0.15) is 11.4 Å². The zero-order valence-electron chi connectivity index (χ0n) is 21.1. The van der Waals surface area contributed by atoms with Crippen LogP contribution in [0.1, 0.15) is 6.92 Å². The molecule has 2 aromatic rings. The third-order valence-corrected chi connectivity index (χ3v) is 7.86. The van der Waals surface area contributed by atoms with Crippen molar-refractivity contribution in [2.75, 3.05) is 24.5 Å². The summed E-state index contributed by atoms with van der Waals surface area (Å²) >= 11 is 0. The standard InChI is InChI=1S/C19H20N4O11S3.2Na/c1-12-18(19(24)23(22-12)13-3-5-14(6-4-13)36(27,28)29)21-20-16-11-15(7-8-17(16)33-2)35(25,26)10-9-34-37(30,31)32;;/h3-8,11,18H,9-10H2,1-2H3,(H,27,28,29)(H,30,31,32);;. The SMILES string of the molecule is COc1ccc(S(=O)(=O)CCOS(=O)(=O)O)cc1N=NC1C(=O)N(c2ccc(S(=O)(=O)O)cc2)N=C1C.[Na].[Na]. The van der Waals surface area contributed by atoms with Crippen molar-refractivity contribution in [2.24, 2.45) is 15.3 Å². The van der Waals surface area contributed by atoms with Crippen molar-refractivity contribution >= 4 is 112 Å². The van der Waals surface area contributed by atoms with Gasteiger partial charge in [-0.25, -0.2) is 12.6 Å². The molecule has 1 unspecified atom stereocenters. The Balaban J connectivity index is 0.00000380. The molecule has 2 N–H and O–H groups in total. The van der Waals surface area contributed by atoms with E-state index in [-0.39, 0.29) is 91.7 Å². The number of hydrazone groups is 1. The fourth-order valence-corrected chi connectivity index (χ4v) is 5.05. The number of carbonyl (C=O) groups excluding carboxylic acids is 1. The minimum atomic E-state index is -4.81. The number of sulfone groups is 1. The monoisotopic (exact) mass is 622 g/mol. The summed E-state index contributed by atoms with van der Waals surface area (Å²) in [5.74, 6) is -1.28. The van der Waals surface area contributed by atoms with Gasteiger partial charge in [0.15, 0.2) is 15.9 Å². The van der Waals surface area contributed by atoms with Crippen LogP contribution in [0.15, 0.2) is 67.6 Å². The Bertz CT molecular complexity index is 1600. The van der Waals surface area contributed by atoms with Crippen molar-refractivity contribution in [2.45, 2.75) is 22.8 Å². The first-order chi connectivity index (χ1) is 17.1. The molecule has 2 aromatic carbocycles. The number of hydrogen-bond donors (Lipinski definition) is 2. The molecule has 0 spiro atoms. The average molecular weight is 623 g/mol. The van der Waals surface area contributed by atoms with E-state index in [2.05, 4.69) is 19.5 Å². The normalized spacial score (nSPS) is 16.0. The number of azo groups is 1. The first-order valence-corrected chi connectivity index (χ1v) is 14.5. The molecule has 3 rings (SSSR count).